The number of carbonyl (C=O) groups excluding carboxylic acids is 1. The van der Waals surface area contributed by atoms with Crippen LogP contribution >= 0.6 is 0 Å². The van der Waals surface area contributed by atoms with Crippen LogP contribution in [0.25, 0.3) is 0 Å². The van der Waals surface area contributed by atoms with Gasteiger partial charge in [0.2, 0.25) is 0 Å². The van der Waals surface area contributed by atoms with Crippen LogP contribution in [0.3, 0.4) is 0 Å². The Morgan fingerprint density at radius 3 is 2.28 bits per heavy atom. The summed E-state index contributed by atoms with van der Waals surface area (Å²) in [6.07, 6.45) is 2.11. The van der Waals surface area contributed by atoms with Gasteiger partial charge >= 0.3 is 0 Å². The van der Waals surface area contributed by atoms with Gasteiger partial charge in [0.15, 0.2) is 0 Å². The van der Waals surface area contributed by atoms with Crippen LogP contribution in [0.4, 0.5) is 4.39 Å². The number of piperidine rings is 1. The van der Waals surface area contributed by atoms with Gasteiger partial charge in [0.25, 0.3) is 5.91 Å². The fraction of sp³-hybridized carbons (Fsp3) is 0.581. The summed E-state index contributed by atoms with van der Waals surface area (Å²) in [6.45, 7) is 14.6. The highest BCUT2D eigenvalue weighted by Crippen LogP contribution is 2.25. The van der Waals surface area contributed by atoms with Gasteiger partial charge in [-0.3, -0.25) is 19.8 Å². The smallest absolute Gasteiger partial charge is 0.274 e. The first-order valence-corrected chi connectivity index (χ1v) is 14.2. The highest BCUT2D eigenvalue weighted by atomic mass is 19.1. The molecule has 0 aliphatic carbocycles. The Bertz CT molecular complexity index is 1050. The number of piperazine rings is 1. The molecule has 0 bridgehead atoms. The number of likely N-dealkylation sites (tertiary alicyclic amines) is 1. The van der Waals surface area contributed by atoms with E-state index < -0.39 is 11.6 Å². The Balaban J connectivity index is 1.25. The SMILES string of the molecule is CC1CN(Cc2ccc(C(=O)NO)cc2)CC(C)N1Cc1cccc(OCC2CCN(CC(C)(C)F)CC2)c1. The third kappa shape index (κ3) is 8.73. The Morgan fingerprint density at radius 1 is 1.00 bits per heavy atom. The molecule has 2 atom stereocenters. The van der Waals surface area contributed by atoms with Crippen molar-refractivity contribution in [3.05, 3.63) is 65.2 Å². The van der Waals surface area contributed by atoms with E-state index in [2.05, 4.69) is 46.7 Å². The molecular formula is C31H45FN4O3. The normalized spacial score (nSPS) is 22.1. The van der Waals surface area contributed by atoms with E-state index in [0.717, 1.165) is 63.4 Å². The van der Waals surface area contributed by atoms with E-state index in [-0.39, 0.29) is 0 Å². The maximum Gasteiger partial charge on any atom is 0.274 e. The molecule has 2 aliphatic heterocycles. The molecule has 2 fully saturated rings. The molecular weight excluding hydrogens is 495 g/mol. The first-order valence-electron chi connectivity index (χ1n) is 14.2. The fourth-order valence-electron chi connectivity index (χ4n) is 5.99. The monoisotopic (exact) mass is 540 g/mol. The molecule has 0 aromatic heterocycles. The number of hydrogen-bond acceptors (Lipinski definition) is 6. The Hall–Kier alpha value is -2.52. The Labute approximate surface area is 232 Å². The number of carbonyl (C=O) groups is 1. The zero-order chi connectivity index (χ0) is 28.0. The minimum atomic E-state index is -1.14. The zero-order valence-electron chi connectivity index (χ0n) is 23.9. The standard InChI is InChI=1S/C31H45FN4O3/c1-23-17-35(19-25-8-10-28(11-9-25)30(37)33-38)18-24(2)36(23)20-27-6-5-7-29(16-27)39-21-26-12-14-34(15-13-26)22-31(3,4)32/h5-11,16,23-24,26,38H,12-15,17-22H2,1-4H3,(H,33,37). The number of hydrogen-bond donors (Lipinski definition) is 2. The lowest BCUT2D eigenvalue weighted by molar-refractivity contribution is 0.0289. The van der Waals surface area contributed by atoms with Crippen molar-refractivity contribution in [2.75, 3.05) is 39.3 Å². The van der Waals surface area contributed by atoms with E-state index in [0.29, 0.717) is 36.7 Å². The fourth-order valence-corrected chi connectivity index (χ4v) is 5.99. The number of rotatable bonds is 10. The molecule has 4 rings (SSSR count). The van der Waals surface area contributed by atoms with Crippen molar-refractivity contribution in [1.82, 2.24) is 20.2 Å². The maximum absolute atomic E-state index is 14.0. The molecule has 2 aromatic rings. The summed E-state index contributed by atoms with van der Waals surface area (Å²) in [5.74, 6) is 0.951. The highest BCUT2D eigenvalue weighted by molar-refractivity contribution is 5.93. The van der Waals surface area contributed by atoms with Crippen LogP contribution < -0.4 is 10.2 Å². The van der Waals surface area contributed by atoms with Gasteiger partial charge in [-0.25, -0.2) is 9.87 Å². The zero-order valence-corrected chi connectivity index (χ0v) is 23.9. The molecule has 39 heavy (non-hydrogen) atoms. The molecule has 214 valence electrons. The number of halogens is 1. The molecule has 0 saturated carbocycles. The van der Waals surface area contributed by atoms with E-state index in [1.54, 1.807) is 31.5 Å². The van der Waals surface area contributed by atoms with Gasteiger partial charge in [-0.1, -0.05) is 24.3 Å². The van der Waals surface area contributed by atoms with Crippen LogP contribution in [0.15, 0.2) is 48.5 Å². The summed E-state index contributed by atoms with van der Waals surface area (Å²) in [6, 6.07) is 16.7. The van der Waals surface area contributed by atoms with Crippen LogP contribution in [0.2, 0.25) is 0 Å². The summed E-state index contributed by atoms with van der Waals surface area (Å²) in [4.78, 5) is 18.8. The third-order valence-corrected chi connectivity index (χ3v) is 7.96. The predicted molar refractivity (Wildman–Crippen MR) is 152 cm³/mol. The van der Waals surface area contributed by atoms with Crippen LogP contribution in [0, 0.1) is 5.92 Å². The van der Waals surface area contributed by atoms with Gasteiger partial charge in [0, 0.05) is 50.4 Å². The molecule has 1 amide bonds. The largest absolute Gasteiger partial charge is 0.493 e. The summed E-state index contributed by atoms with van der Waals surface area (Å²) in [5, 5.41) is 8.81. The average molecular weight is 541 g/mol. The number of alkyl halides is 1. The second-order valence-corrected chi connectivity index (χ2v) is 12.1. The second kappa shape index (κ2) is 13.2. The number of ether oxygens (including phenoxy) is 1. The van der Waals surface area contributed by atoms with E-state index in [1.807, 2.05) is 18.2 Å². The van der Waals surface area contributed by atoms with Crippen molar-refractivity contribution >= 4 is 5.91 Å². The number of amides is 1. The van der Waals surface area contributed by atoms with Crippen molar-refractivity contribution in [2.45, 2.75) is 71.4 Å². The molecule has 2 saturated heterocycles. The number of hydroxylamine groups is 1. The molecule has 2 unspecified atom stereocenters. The number of nitrogens with zero attached hydrogens (tertiary/aromatic N) is 3. The molecule has 2 heterocycles. The van der Waals surface area contributed by atoms with Crippen molar-refractivity contribution in [1.29, 1.82) is 0 Å². The average Bonchev–Trinajstić information content (AvgIpc) is 2.90. The molecule has 8 heteroatoms. The van der Waals surface area contributed by atoms with Crippen LogP contribution in [-0.2, 0) is 13.1 Å². The van der Waals surface area contributed by atoms with Crippen LogP contribution in [-0.4, -0.2) is 82.9 Å². The first kappa shape index (κ1) is 29.5. The van der Waals surface area contributed by atoms with Gasteiger partial charge in [-0.2, -0.15) is 0 Å². The minimum Gasteiger partial charge on any atom is -0.493 e. The molecule has 0 spiro atoms. The lowest BCUT2D eigenvalue weighted by Gasteiger charge is -2.44. The molecule has 7 nitrogen and oxygen atoms in total. The van der Waals surface area contributed by atoms with Crippen molar-refractivity contribution in [3.63, 3.8) is 0 Å². The lowest BCUT2D eigenvalue weighted by atomic mass is 9.97. The van der Waals surface area contributed by atoms with Gasteiger partial charge in [-0.05, 0) is 94.9 Å². The molecule has 0 radical (unpaired) electrons. The summed E-state index contributed by atoms with van der Waals surface area (Å²) < 4.78 is 20.2. The predicted octanol–water partition coefficient (Wildman–Crippen LogP) is 4.74. The minimum absolute atomic E-state index is 0.400. The summed E-state index contributed by atoms with van der Waals surface area (Å²) in [7, 11) is 0. The Morgan fingerprint density at radius 2 is 1.67 bits per heavy atom. The lowest BCUT2D eigenvalue weighted by Crippen LogP contribution is -2.55. The van der Waals surface area contributed by atoms with Crippen molar-refractivity contribution in [3.8, 4) is 5.75 Å². The van der Waals surface area contributed by atoms with Crippen molar-refractivity contribution < 1.29 is 19.1 Å². The van der Waals surface area contributed by atoms with E-state index >= 15 is 0 Å². The first-order chi connectivity index (χ1) is 18.6. The summed E-state index contributed by atoms with van der Waals surface area (Å²) in [5.41, 5.74) is 3.40. The number of nitrogens with one attached hydrogen (secondary N) is 1. The van der Waals surface area contributed by atoms with Gasteiger partial charge in [0.05, 0.1) is 6.61 Å². The quantitative estimate of drug-likeness (QED) is 0.335. The van der Waals surface area contributed by atoms with Crippen LogP contribution in [0.5, 0.6) is 5.75 Å². The van der Waals surface area contributed by atoms with Gasteiger partial charge < -0.3 is 9.64 Å². The van der Waals surface area contributed by atoms with Crippen molar-refractivity contribution in [2.24, 2.45) is 5.92 Å². The Kier molecular flexibility index (Phi) is 9.99. The maximum atomic E-state index is 14.0. The highest BCUT2D eigenvalue weighted by Gasteiger charge is 2.30. The van der Waals surface area contributed by atoms with Crippen LogP contribution in [0.1, 0.15) is 62.0 Å². The van der Waals surface area contributed by atoms with E-state index in [9.17, 15) is 9.18 Å². The van der Waals surface area contributed by atoms with E-state index in [1.165, 1.54) is 5.56 Å². The molecule has 2 aliphatic rings. The number of benzene rings is 2. The van der Waals surface area contributed by atoms with Gasteiger partial charge in [-0.15, -0.1) is 0 Å². The molecule has 2 N–H and O–H groups in total. The third-order valence-electron chi connectivity index (χ3n) is 7.96. The summed E-state index contributed by atoms with van der Waals surface area (Å²) >= 11 is 0. The van der Waals surface area contributed by atoms with Gasteiger partial charge in [0.1, 0.15) is 11.4 Å². The molecule has 2 aromatic carbocycles. The second-order valence-electron chi connectivity index (χ2n) is 12.1. The topological polar surface area (TPSA) is 68.3 Å². The van der Waals surface area contributed by atoms with E-state index in [4.69, 9.17) is 9.94 Å².